The lowest BCUT2D eigenvalue weighted by Gasteiger charge is -2.17. The third-order valence-corrected chi connectivity index (χ3v) is 7.22. The molecule has 6 rings (SSSR count). The summed E-state index contributed by atoms with van der Waals surface area (Å²) >= 11 is 0. The molecule has 5 aromatic rings. The number of nitrogens with zero attached hydrogens (tertiary/aromatic N) is 5. The molecule has 4 heterocycles. The first kappa shape index (κ1) is 25.9. The molecule has 204 valence electrons. The molecular weight excluding hydrogens is 519 g/mol. The van der Waals surface area contributed by atoms with Crippen molar-refractivity contribution in [2.75, 3.05) is 11.9 Å². The Balaban J connectivity index is 1.40. The van der Waals surface area contributed by atoms with Crippen LogP contribution in [0, 0.1) is 12.7 Å². The predicted octanol–water partition coefficient (Wildman–Crippen LogP) is 5.41. The van der Waals surface area contributed by atoms with Gasteiger partial charge in [-0.1, -0.05) is 24.3 Å². The Labute approximate surface area is 235 Å². The summed E-state index contributed by atoms with van der Waals surface area (Å²) < 4.78 is 14.6. The van der Waals surface area contributed by atoms with Crippen LogP contribution in [0.25, 0.3) is 33.3 Å². The molecule has 0 unspecified atom stereocenters. The Kier molecular flexibility index (Phi) is 6.50. The Bertz CT molecular complexity index is 1890. The molecule has 0 atom stereocenters. The molecule has 0 fully saturated rings. The molecule has 3 aromatic heterocycles. The van der Waals surface area contributed by atoms with Crippen molar-refractivity contribution in [1.29, 1.82) is 0 Å². The number of aromatic nitrogens is 4. The van der Waals surface area contributed by atoms with Crippen LogP contribution in [0.2, 0.25) is 0 Å². The molecular formula is C31H27FN8O. The summed E-state index contributed by atoms with van der Waals surface area (Å²) in [6, 6.07) is 12.8. The minimum atomic E-state index is -0.429. The van der Waals surface area contributed by atoms with Gasteiger partial charge in [0.15, 0.2) is 0 Å². The number of carbonyl (C=O) groups excluding carboxylic acids is 1. The van der Waals surface area contributed by atoms with E-state index in [1.807, 2.05) is 44.3 Å². The molecule has 1 aliphatic heterocycles. The Morgan fingerprint density at radius 2 is 1.93 bits per heavy atom. The highest BCUT2D eigenvalue weighted by Gasteiger charge is 2.32. The maximum Gasteiger partial charge on any atom is 0.259 e. The molecule has 0 bridgehead atoms. The number of fused-ring (bicyclic) bond motifs is 2. The largest absolute Gasteiger partial charge is 0.392 e. The average Bonchev–Trinajstić information content (AvgIpc) is 3.55. The van der Waals surface area contributed by atoms with Gasteiger partial charge in [-0.2, -0.15) is 4.99 Å². The number of aliphatic imine (C=N–C) groups is 1. The molecule has 0 saturated carbocycles. The number of allylic oxidation sites excluding steroid dienone is 1. The molecule has 9 nitrogen and oxygen atoms in total. The summed E-state index contributed by atoms with van der Waals surface area (Å²) in [7, 11) is 1.80. The van der Waals surface area contributed by atoms with Crippen molar-refractivity contribution >= 4 is 34.3 Å². The van der Waals surface area contributed by atoms with E-state index in [-0.39, 0.29) is 17.7 Å². The van der Waals surface area contributed by atoms with Gasteiger partial charge in [0.2, 0.25) is 0 Å². The zero-order chi connectivity index (χ0) is 28.7. The van der Waals surface area contributed by atoms with Gasteiger partial charge in [0.05, 0.1) is 29.6 Å². The average molecular weight is 547 g/mol. The fourth-order valence-corrected chi connectivity index (χ4v) is 5.13. The number of para-hydroxylation sites is 1. The number of rotatable bonds is 6. The number of pyridine rings is 1. The number of benzene rings is 2. The van der Waals surface area contributed by atoms with Crippen molar-refractivity contribution in [3.8, 4) is 22.4 Å². The number of amides is 1. The summed E-state index contributed by atoms with van der Waals surface area (Å²) in [5.41, 5.74) is 13.3. The van der Waals surface area contributed by atoms with Crippen molar-refractivity contribution in [3.05, 3.63) is 102 Å². The zero-order valence-electron chi connectivity index (χ0n) is 22.7. The molecule has 0 spiro atoms. The lowest BCUT2D eigenvalue weighted by Crippen LogP contribution is -2.23. The standard InChI is InChI=1S/C31H27FN8O/c1-17-13-37-31(38-27(33)12-18(2)34-3)39-28(17)23-14-36-29-21(23)7-5-9-26(29)40-16-24-19(6-4-8-22(24)30(40)41)20-10-11-35-15-25(20)32/h4-15,34,36H,16H2,1-3H3,(H2,33,37,38,39)/b18-12-. The van der Waals surface area contributed by atoms with Crippen LogP contribution < -0.4 is 16.0 Å². The van der Waals surface area contributed by atoms with Gasteiger partial charge in [0.25, 0.3) is 11.9 Å². The minimum Gasteiger partial charge on any atom is -0.392 e. The van der Waals surface area contributed by atoms with Crippen LogP contribution in [0.4, 0.5) is 16.0 Å². The van der Waals surface area contributed by atoms with Crippen LogP contribution in [0.1, 0.15) is 28.4 Å². The molecule has 0 aliphatic carbocycles. The molecule has 1 aliphatic rings. The molecule has 2 aromatic carbocycles. The summed E-state index contributed by atoms with van der Waals surface area (Å²) in [4.78, 5) is 36.0. The lowest BCUT2D eigenvalue weighted by atomic mass is 9.97. The van der Waals surface area contributed by atoms with Crippen LogP contribution in [0.5, 0.6) is 0 Å². The van der Waals surface area contributed by atoms with Crippen LogP contribution in [-0.2, 0) is 6.54 Å². The van der Waals surface area contributed by atoms with Gasteiger partial charge < -0.3 is 20.9 Å². The number of carbonyl (C=O) groups is 1. The van der Waals surface area contributed by atoms with E-state index in [0.29, 0.717) is 28.9 Å². The van der Waals surface area contributed by atoms with Gasteiger partial charge in [-0.3, -0.25) is 9.78 Å². The molecule has 10 heteroatoms. The Morgan fingerprint density at radius 3 is 2.73 bits per heavy atom. The van der Waals surface area contributed by atoms with E-state index in [2.05, 4.69) is 25.3 Å². The molecule has 4 N–H and O–H groups in total. The van der Waals surface area contributed by atoms with Crippen molar-refractivity contribution in [3.63, 3.8) is 0 Å². The first-order valence-electron chi connectivity index (χ1n) is 13.0. The van der Waals surface area contributed by atoms with Crippen LogP contribution in [-0.4, -0.2) is 38.7 Å². The Morgan fingerprint density at radius 1 is 1.12 bits per heavy atom. The van der Waals surface area contributed by atoms with E-state index in [9.17, 15) is 9.18 Å². The second kappa shape index (κ2) is 10.3. The number of amidine groups is 1. The number of aromatic amines is 1. The van der Waals surface area contributed by atoms with Gasteiger partial charge in [0, 0.05) is 53.4 Å². The number of H-pyrrole nitrogens is 1. The highest BCUT2D eigenvalue weighted by molar-refractivity contribution is 6.15. The number of nitrogens with one attached hydrogen (secondary N) is 2. The van der Waals surface area contributed by atoms with E-state index in [4.69, 9.17) is 10.7 Å². The van der Waals surface area contributed by atoms with Gasteiger partial charge in [-0.25, -0.2) is 14.4 Å². The molecule has 41 heavy (non-hydrogen) atoms. The van der Waals surface area contributed by atoms with Crippen molar-refractivity contribution < 1.29 is 9.18 Å². The lowest BCUT2D eigenvalue weighted by molar-refractivity contribution is 0.0997. The molecule has 0 radical (unpaired) electrons. The number of hydrogen-bond acceptors (Lipinski definition) is 6. The minimum absolute atomic E-state index is 0.143. The van der Waals surface area contributed by atoms with Crippen LogP contribution in [0.15, 0.2) is 84.0 Å². The maximum absolute atomic E-state index is 14.6. The monoisotopic (exact) mass is 546 g/mol. The van der Waals surface area contributed by atoms with Gasteiger partial charge in [-0.05, 0) is 54.8 Å². The van der Waals surface area contributed by atoms with Gasteiger partial charge in [0.1, 0.15) is 11.7 Å². The fourth-order valence-electron chi connectivity index (χ4n) is 5.13. The second-order valence-corrected chi connectivity index (χ2v) is 9.80. The molecule has 0 saturated heterocycles. The maximum atomic E-state index is 14.6. The summed E-state index contributed by atoms with van der Waals surface area (Å²) in [5.74, 6) is -0.0437. The number of halogens is 1. The number of anilines is 1. The van der Waals surface area contributed by atoms with E-state index >= 15 is 0 Å². The highest BCUT2D eigenvalue weighted by Crippen LogP contribution is 2.40. The van der Waals surface area contributed by atoms with Crippen LogP contribution in [0.3, 0.4) is 0 Å². The van der Waals surface area contributed by atoms with E-state index < -0.39 is 5.82 Å². The topological polar surface area (TPSA) is 125 Å². The predicted molar refractivity (Wildman–Crippen MR) is 158 cm³/mol. The first-order valence-corrected chi connectivity index (χ1v) is 13.0. The Hall–Kier alpha value is -5.38. The summed E-state index contributed by atoms with van der Waals surface area (Å²) in [5, 5.41) is 3.89. The number of aryl methyl sites for hydroxylation is 1. The van der Waals surface area contributed by atoms with E-state index in [1.54, 1.807) is 48.6 Å². The SMILES string of the molecule is CN/C(C)=C\C(N)=N/c1ncc(C)c(-c2c[nH]c3c(N4Cc5c(cccc5-c5ccncc5F)C4=O)cccc23)n1. The summed E-state index contributed by atoms with van der Waals surface area (Å²) in [6.45, 7) is 4.12. The number of hydrogen-bond donors (Lipinski definition) is 3. The van der Waals surface area contributed by atoms with Crippen molar-refractivity contribution in [2.45, 2.75) is 20.4 Å². The molecule has 1 amide bonds. The van der Waals surface area contributed by atoms with Crippen molar-refractivity contribution in [1.82, 2.24) is 25.3 Å². The van der Waals surface area contributed by atoms with E-state index in [0.717, 1.165) is 39.0 Å². The third kappa shape index (κ3) is 4.59. The fraction of sp³-hybridized carbons (Fsp3) is 0.129. The highest BCUT2D eigenvalue weighted by atomic mass is 19.1. The summed E-state index contributed by atoms with van der Waals surface area (Å²) in [6.07, 6.45) is 8.03. The second-order valence-electron chi connectivity index (χ2n) is 9.80. The van der Waals surface area contributed by atoms with Gasteiger partial charge >= 0.3 is 0 Å². The first-order chi connectivity index (χ1) is 19.9. The smallest absolute Gasteiger partial charge is 0.259 e. The van der Waals surface area contributed by atoms with Crippen molar-refractivity contribution in [2.24, 2.45) is 10.7 Å². The third-order valence-electron chi connectivity index (χ3n) is 7.22. The van der Waals surface area contributed by atoms with Crippen LogP contribution >= 0.6 is 0 Å². The quantitative estimate of drug-likeness (QED) is 0.193. The van der Waals surface area contributed by atoms with Gasteiger partial charge in [-0.15, -0.1) is 0 Å². The van der Waals surface area contributed by atoms with E-state index in [1.165, 1.54) is 6.20 Å². The zero-order valence-corrected chi connectivity index (χ0v) is 22.7. The number of nitrogens with two attached hydrogens (primary N) is 1. The normalized spacial score (nSPS) is 13.7.